The maximum atomic E-state index is 12.6. The molecule has 168 valence electrons. The lowest BCUT2D eigenvalue weighted by Gasteiger charge is -2.36. The van der Waals surface area contributed by atoms with Gasteiger partial charge in [-0.15, -0.1) is 0 Å². The summed E-state index contributed by atoms with van der Waals surface area (Å²) in [5.41, 5.74) is -0.106. The van der Waals surface area contributed by atoms with Crippen LogP contribution in [0.1, 0.15) is 16.6 Å². The first-order chi connectivity index (χ1) is 14.7. The largest absolute Gasteiger partial charge is 0.362 e. The molecule has 1 aromatic heterocycles. The zero-order chi connectivity index (χ0) is 22.6. The Hall–Kier alpha value is -2.07. The van der Waals surface area contributed by atoms with Crippen molar-refractivity contribution in [2.75, 3.05) is 46.2 Å². The molecule has 1 unspecified atom stereocenters. The number of ether oxygens (including phenoxy) is 1. The van der Waals surface area contributed by atoms with E-state index in [1.54, 1.807) is 38.4 Å². The Bertz CT molecular complexity index is 1020. The molecular formula is C19H25ClN5O5P. The van der Waals surface area contributed by atoms with E-state index in [-0.39, 0.29) is 18.3 Å². The van der Waals surface area contributed by atoms with Crippen molar-refractivity contribution in [3.8, 4) is 0 Å². The van der Waals surface area contributed by atoms with Gasteiger partial charge in [-0.05, 0) is 50.6 Å². The molecule has 1 saturated heterocycles. The molecule has 1 aromatic carbocycles. The number of rotatable bonds is 7. The maximum absolute atomic E-state index is 12.6. The summed E-state index contributed by atoms with van der Waals surface area (Å²) in [5.74, 6) is -0.212. The van der Waals surface area contributed by atoms with Gasteiger partial charge in [-0.25, -0.2) is 9.46 Å². The summed E-state index contributed by atoms with van der Waals surface area (Å²) in [6.45, 7) is -2.44. The van der Waals surface area contributed by atoms with Crippen molar-refractivity contribution >= 4 is 29.8 Å². The van der Waals surface area contributed by atoms with E-state index in [1.807, 2.05) is 18.0 Å². The monoisotopic (exact) mass is 469 g/mol. The van der Waals surface area contributed by atoms with E-state index in [4.69, 9.17) is 20.5 Å². The first-order valence-electron chi connectivity index (χ1n) is 9.57. The van der Waals surface area contributed by atoms with Crippen LogP contribution < -0.4 is 11.0 Å². The second-order valence-electron chi connectivity index (χ2n) is 7.35. The molecule has 2 heterocycles. The molecule has 2 aromatic rings. The van der Waals surface area contributed by atoms with Crippen molar-refractivity contribution in [2.45, 2.75) is 12.3 Å². The molecule has 3 atom stereocenters. The van der Waals surface area contributed by atoms with Gasteiger partial charge in [0.1, 0.15) is 5.82 Å². The molecular weight excluding hydrogens is 445 g/mol. The van der Waals surface area contributed by atoms with Gasteiger partial charge < -0.3 is 14.6 Å². The fraction of sp³-hybridized carbons (Fsp3) is 0.421. The molecule has 1 N–H and O–H groups in total. The van der Waals surface area contributed by atoms with Crippen LogP contribution in [0, 0.1) is 0 Å². The zero-order valence-corrected chi connectivity index (χ0v) is 19.1. The van der Waals surface area contributed by atoms with Crippen LogP contribution in [0.3, 0.4) is 0 Å². The fourth-order valence-electron chi connectivity index (χ4n) is 3.01. The van der Waals surface area contributed by atoms with E-state index >= 15 is 0 Å². The van der Waals surface area contributed by atoms with E-state index in [9.17, 15) is 14.2 Å². The number of likely N-dealkylation sites (N-methyl/N-ethyl adjacent to an activating group) is 1. The number of aromatic nitrogens is 2. The lowest BCUT2D eigenvalue weighted by atomic mass is 10.2. The summed E-state index contributed by atoms with van der Waals surface area (Å²) in [4.78, 5) is 30.7. The van der Waals surface area contributed by atoms with Crippen LogP contribution in [-0.2, 0) is 13.8 Å². The normalized spacial score (nSPS) is 21.6. The van der Waals surface area contributed by atoms with Gasteiger partial charge >= 0.3 is 12.6 Å². The Labute approximate surface area is 185 Å². The average Bonchev–Trinajstić information content (AvgIpc) is 2.72. The molecule has 31 heavy (non-hydrogen) atoms. The summed E-state index contributed by atoms with van der Waals surface area (Å²) in [7, 11) is 5.00. The highest BCUT2D eigenvalue weighted by atomic mass is 35.7. The fourth-order valence-corrected chi connectivity index (χ4v) is 3.76. The number of halogens is 1. The summed E-state index contributed by atoms with van der Waals surface area (Å²) in [6.07, 6.45) is 0.449. The number of hydrogen-bond donors (Lipinski definition) is 1. The number of nitrogens with one attached hydrogen (secondary N) is 1. The highest BCUT2D eigenvalue weighted by Crippen LogP contribution is 2.54. The minimum atomic E-state index is -3.41. The Balaban J connectivity index is 1.68. The predicted octanol–water partition coefficient (Wildman–Crippen LogP) is 2.25. The Morgan fingerprint density at radius 2 is 2.03 bits per heavy atom. The van der Waals surface area contributed by atoms with Crippen molar-refractivity contribution in [3.63, 3.8) is 0 Å². The van der Waals surface area contributed by atoms with Crippen LogP contribution in [0.2, 0.25) is 0 Å². The number of anilines is 1. The Morgan fingerprint density at radius 1 is 1.32 bits per heavy atom. The quantitative estimate of drug-likeness (QED) is 0.615. The minimum absolute atomic E-state index is 0.00714. The summed E-state index contributed by atoms with van der Waals surface area (Å²) < 4.78 is 26.1. The van der Waals surface area contributed by atoms with Gasteiger partial charge in [0.25, 0.3) is 5.91 Å². The van der Waals surface area contributed by atoms with E-state index in [1.165, 1.54) is 21.5 Å². The minimum Gasteiger partial charge on any atom is -0.350 e. The lowest BCUT2D eigenvalue weighted by molar-refractivity contribution is -0.127. The molecule has 0 saturated carbocycles. The van der Waals surface area contributed by atoms with Crippen LogP contribution in [0.5, 0.6) is 0 Å². The van der Waals surface area contributed by atoms with E-state index in [0.717, 1.165) is 0 Å². The second-order valence-corrected chi connectivity index (χ2v) is 10.6. The van der Waals surface area contributed by atoms with E-state index in [2.05, 4.69) is 10.3 Å². The van der Waals surface area contributed by atoms with E-state index in [0.29, 0.717) is 18.7 Å². The first kappa shape index (κ1) is 23.6. The number of amides is 1. The van der Waals surface area contributed by atoms with E-state index < -0.39 is 24.9 Å². The zero-order valence-electron chi connectivity index (χ0n) is 17.5. The van der Waals surface area contributed by atoms with Gasteiger partial charge in [-0.1, -0.05) is 18.2 Å². The highest BCUT2D eigenvalue weighted by Gasteiger charge is 2.31. The molecule has 1 aliphatic rings. The van der Waals surface area contributed by atoms with Gasteiger partial charge in [-0.3, -0.25) is 18.8 Å². The van der Waals surface area contributed by atoms with Crippen LogP contribution in [0.15, 0.2) is 47.4 Å². The predicted molar refractivity (Wildman–Crippen MR) is 117 cm³/mol. The van der Waals surface area contributed by atoms with Crippen LogP contribution in [0.25, 0.3) is 0 Å². The molecule has 0 radical (unpaired) electrons. The molecule has 10 nitrogen and oxygen atoms in total. The maximum Gasteiger partial charge on any atom is 0.362 e. The standard InChI is InChI=1S/C19H25ClN5O5P/c1-23(2)31(20,28)29-13-15-11-24(3)12-17(30-15)25-10-9-16(22-19(25)27)21-18(26)14-7-5-4-6-8-14/h4-10,15,17H,11-13H2,1-3H3,(H,21,22,26,27)/t15-,17?,31+/m0/s1. The third kappa shape index (κ3) is 6.22. The molecule has 12 heteroatoms. The second kappa shape index (κ2) is 10.0. The van der Waals surface area contributed by atoms with Gasteiger partial charge in [0.15, 0.2) is 6.23 Å². The number of morpholine rings is 1. The van der Waals surface area contributed by atoms with Gasteiger partial charge in [0, 0.05) is 24.8 Å². The molecule has 1 fully saturated rings. The van der Waals surface area contributed by atoms with Gasteiger partial charge in [-0.2, -0.15) is 4.98 Å². The van der Waals surface area contributed by atoms with Crippen molar-refractivity contribution in [3.05, 3.63) is 58.6 Å². The van der Waals surface area contributed by atoms with Crippen molar-refractivity contribution in [1.29, 1.82) is 0 Å². The SMILES string of the molecule is CN1CC(n2ccc(NC(=O)c3ccccc3)nc2=O)O[C@H](CO[P@](=O)(Cl)N(C)C)C1. The summed E-state index contributed by atoms with van der Waals surface area (Å²) >= 11 is 5.90. The van der Waals surface area contributed by atoms with Crippen molar-refractivity contribution < 1.29 is 18.6 Å². The molecule has 0 bridgehead atoms. The summed E-state index contributed by atoms with van der Waals surface area (Å²) in [5, 5.41) is 2.61. The molecule has 0 aliphatic carbocycles. The number of nitrogens with zero attached hydrogens (tertiary/aromatic N) is 4. The van der Waals surface area contributed by atoms with Crippen molar-refractivity contribution in [1.82, 2.24) is 19.1 Å². The number of carbonyl (C=O) groups is 1. The first-order valence-corrected chi connectivity index (χ1v) is 12.1. The average molecular weight is 470 g/mol. The number of carbonyl (C=O) groups excluding carboxylic acids is 1. The lowest BCUT2D eigenvalue weighted by Crippen LogP contribution is -2.47. The molecule has 0 spiro atoms. The molecule has 1 amide bonds. The third-order valence-corrected chi connectivity index (χ3v) is 7.27. The number of hydrogen-bond acceptors (Lipinski definition) is 7. The summed E-state index contributed by atoms with van der Waals surface area (Å²) in [6, 6.07) is 10.2. The molecule has 3 rings (SSSR count). The Kier molecular flexibility index (Phi) is 7.64. The van der Waals surface area contributed by atoms with Crippen LogP contribution >= 0.6 is 18.1 Å². The Morgan fingerprint density at radius 3 is 2.68 bits per heavy atom. The molecule has 1 aliphatic heterocycles. The third-order valence-electron chi connectivity index (χ3n) is 4.65. The van der Waals surface area contributed by atoms with Crippen LogP contribution in [-0.4, -0.2) is 72.0 Å². The number of benzene rings is 1. The van der Waals surface area contributed by atoms with Gasteiger partial charge in [0.2, 0.25) is 0 Å². The smallest absolute Gasteiger partial charge is 0.350 e. The van der Waals surface area contributed by atoms with Gasteiger partial charge in [0.05, 0.1) is 12.7 Å². The topological polar surface area (TPSA) is 106 Å². The van der Waals surface area contributed by atoms with Crippen molar-refractivity contribution in [2.24, 2.45) is 0 Å². The highest BCUT2D eigenvalue weighted by molar-refractivity contribution is 7.83. The van der Waals surface area contributed by atoms with Crippen LogP contribution in [0.4, 0.5) is 5.82 Å².